The van der Waals surface area contributed by atoms with Crippen LogP contribution in [0.3, 0.4) is 0 Å². The van der Waals surface area contributed by atoms with Crippen molar-refractivity contribution in [1.82, 2.24) is 4.90 Å². The number of carbonyl (C=O) groups excluding carboxylic acids is 1. The van der Waals surface area contributed by atoms with E-state index in [1.807, 2.05) is 19.0 Å². The topological polar surface area (TPSA) is 55.6 Å². The third kappa shape index (κ3) is 5.40. The van der Waals surface area contributed by atoms with Crippen molar-refractivity contribution in [2.24, 2.45) is 5.73 Å². The molecule has 0 fully saturated rings. The van der Waals surface area contributed by atoms with Gasteiger partial charge in [0.15, 0.2) is 0 Å². The lowest BCUT2D eigenvalue weighted by Crippen LogP contribution is -2.35. The van der Waals surface area contributed by atoms with E-state index in [2.05, 4.69) is 12.6 Å². The molecule has 0 aromatic rings. The highest BCUT2D eigenvalue weighted by Gasteiger charge is 2.12. The molecule has 0 saturated heterocycles. The monoisotopic (exact) mass is 192 g/mol. The molecular weight excluding hydrogens is 176 g/mol. The van der Waals surface area contributed by atoms with Crippen molar-refractivity contribution < 1.29 is 9.53 Å². The number of thiol groups is 1. The predicted octanol–water partition coefficient (Wildman–Crippen LogP) is -0.652. The first-order valence-electron chi connectivity index (χ1n) is 3.75. The lowest BCUT2D eigenvalue weighted by molar-refractivity contribution is -0.144. The van der Waals surface area contributed by atoms with Gasteiger partial charge in [-0.3, -0.25) is 4.79 Å². The number of nitrogens with two attached hydrogens (primary N) is 1. The molecule has 0 aromatic carbocycles. The highest BCUT2D eigenvalue weighted by atomic mass is 32.1. The molecule has 0 saturated carbocycles. The summed E-state index contributed by atoms with van der Waals surface area (Å²) in [5.41, 5.74) is 5.37. The van der Waals surface area contributed by atoms with Gasteiger partial charge in [0.05, 0.1) is 0 Å². The van der Waals surface area contributed by atoms with Gasteiger partial charge in [0.2, 0.25) is 0 Å². The average molecular weight is 192 g/mol. The standard InChI is InChI=1S/C7H16N2O2S/c1-9(2)3-4-11-7(10)6(8)5-12/h6,12H,3-5,8H2,1-2H3. The van der Waals surface area contributed by atoms with Crippen LogP contribution in [0.5, 0.6) is 0 Å². The summed E-state index contributed by atoms with van der Waals surface area (Å²) in [5, 5.41) is 0. The van der Waals surface area contributed by atoms with E-state index in [1.165, 1.54) is 0 Å². The van der Waals surface area contributed by atoms with E-state index in [4.69, 9.17) is 10.5 Å². The lowest BCUT2D eigenvalue weighted by atomic mass is 10.4. The molecule has 1 unspecified atom stereocenters. The fraction of sp³-hybridized carbons (Fsp3) is 0.857. The molecule has 12 heavy (non-hydrogen) atoms. The van der Waals surface area contributed by atoms with Crippen LogP contribution < -0.4 is 5.73 Å². The van der Waals surface area contributed by atoms with Gasteiger partial charge in [0.25, 0.3) is 0 Å². The Labute approximate surface area is 78.5 Å². The van der Waals surface area contributed by atoms with Gasteiger partial charge >= 0.3 is 5.97 Å². The van der Waals surface area contributed by atoms with Crippen LogP contribution >= 0.6 is 12.6 Å². The molecule has 5 heteroatoms. The van der Waals surface area contributed by atoms with Gasteiger partial charge in [-0.1, -0.05) is 0 Å². The van der Waals surface area contributed by atoms with Crippen LogP contribution in [-0.2, 0) is 9.53 Å². The fourth-order valence-electron chi connectivity index (χ4n) is 0.510. The summed E-state index contributed by atoms with van der Waals surface area (Å²) in [4.78, 5) is 12.9. The van der Waals surface area contributed by atoms with Crippen LogP contribution in [0, 0.1) is 0 Å². The van der Waals surface area contributed by atoms with Gasteiger partial charge in [-0.15, -0.1) is 0 Å². The van der Waals surface area contributed by atoms with E-state index in [-0.39, 0.29) is 5.97 Å². The molecule has 0 amide bonds. The Hall–Kier alpha value is -0.260. The Kier molecular flexibility index (Phi) is 6.14. The summed E-state index contributed by atoms with van der Waals surface area (Å²) in [5.74, 6) is -0.0623. The molecule has 0 aliphatic carbocycles. The highest BCUT2D eigenvalue weighted by molar-refractivity contribution is 7.80. The van der Waals surface area contributed by atoms with Crippen molar-refractivity contribution in [2.45, 2.75) is 6.04 Å². The maximum Gasteiger partial charge on any atom is 0.323 e. The molecule has 4 nitrogen and oxygen atoms in total. The quantitative estimate of drug-likeness (QED) is 0.449. The third-order valence-corrected chi connectivity index (χ3v) is 1.68. The van der Waals surface area contributed by atoms with Crippen LogP contribution in [-0.4, -0.2) is 49.9 Å². The summed E-state index contributed by atoms with van der Waals surface area (Å²) in [6, 6.07) is -0.601. The molecule has 0 heterocycles. The maximum atomic E-state index is 10.9. The molecule has 1 atom stereocenters. The van der Waals surface area contributed by atoms with E-state index < -0.39 is 6.04 Å². The summed E-state index contributed by atoms with van der Waals surface area (Å²) in [7, 11) is 3.82. The lowest BCUT2D eigenvalue weighted by Gasteiger charge is -2.11. The number of esters is 1. The minimum Gasteiger partial charge on any atom is -0.463 e. The largest absolute Gasteiger partial charge is 0.463 e. The Balaban J connectivity index is 3.44. The van der Waals surface area contributed by atoms with E-state index in [0.717, 1.165) is 0 Å². The van der Waals surface area contributed by atoms with Crippen molar-refractivity contribution >= 4 is 18.6 Å². The van der Waals surface area contributed by atoms with Crippen LogP contribution in [0.4, 0.5) is 0 Å². The molecule has 0 spiro atoms. The highest BCUT2D eigenvalue weighted by Crippen LogP contribution is 1.88. The molecule has 0 aliphatic heterocycles. The van der Waals surface area contributed by atoms with E-state index in [1.54, 1.807) is 0 Å². The smallest absolute Gasteiger partial charge is 0.323 e. The number of likely N-dealkylation sites (N-methyl/N-ethyl adjacent to an activating group) is 1. The Morgan fingerprint density at radius 3 is 2.67 bits per heavy atom. The van der Waals surface area contributed by atoms with Crippen molar-refractivity contribution in [3.8, 4) is 0 Å². The molecule has 0 aliphatic rings. The second kappa shape index (κ2) is 6.28. The number of hydrogen-bond acceptors (Lipinski definition) is 5. The summed E-state index contributed by atoms with van der Waals surface area (Å²) < 4.78 is 4.85. The molecule has 2 N–H and O–H groups in total. The molecule has 0 radical (unpaired) electrons. The average Bonchev–Trinajstić information content (AvgIpc) is 2.02. The maximum absolute atomic E-state index is 10.9. The zero-order chi connectivity index (χ0) is 9.56. The van der Waals surface area contributed by atoms with Gasteiger partial charge in [-0.05, 0) is 14.1 Å². The Morgan fingerprint density at radius 1 is 1.67 bits per heavy atom. The molecule has 72 valence electrons. The van der Waals surface area contributed by atoms with E-state index in [9.17, 15) is 4.79 Å². The van der Waals surface area contributed by atoms with Crippen molar-refractivity contribution in [3.63, 3.8) is 0 Å². The zero-order valence-corrected chi connectivity index (χ0v) is 8.38. The molecular formula is C7H16N2O2S. The first kappa shape index (κ1) is 11.7. The van der Waals surface area contributed by atoms with Gasteiger partial charge in [0, 0.05) is 12.3 Å². The number of carbonyl (C=O) groups is 1. The van der Waals surface area contributed by atoms with Crippen molar-refractivity contribution in [3.05, 3.63) is 0 Å². The van der Waals surface area contributed by atoms with E-state index in [0.29, 0.717) is 18.9 Å². The van der Waals surface area contributed by atoms with Crippen molar-refractivity contribution in [2.75, 3.05) is 33.0 Å². The second-order valence-corrected chi connectivity index (χ2v) is 3.12. The molecule has 0 bridgehead atoms. The van der Waals surface area contributed by atoms with Gasteiger partial charge < -0.3 is 15.4 Å². The van der Waals surface area contributed by atoms with Crippen molar-refractivity contribution in [1.29, 1.82) is 0 Å². The third-order valence-electron chi connectivity index (χ3n) is 1.28. The number of rotatable bonds is 5. The first-order valence-corrected chi connectivity index (χ1v) is 4.39. The number of ether oxygens (including phenoxy) is 1. The fourth-order valence-corrected chi connectivity index (χ4v) is 0.659. The SMILES string of the molecule is CN(C)CCOC(=O)C(N)CS. The van der Waals surface area contributed by atoms with Crippen LogP contribution in [0.1, 0.15) is 0 Å². The number of nitrogens with zero attached hydrogens (tertiary/aromatic N) is 1. The Morgan fingerprint density at radius 2 is 2.25 bits per heavy atom. The van der Waals surface area contributed by atoms with Crippen LogP contribution in [0.2, 0.25) is 0 Å². The second-order valence-electron chi connectivity index (χ2n) is 2.76. The van der Waals surface area contributed by atoms with Gasteiger partial charge in [-0.25, -0.2) is 0 Å². The Bertz CT molecular complexity index is 141. The zero-order valence-electron chi connectivity index (χ0n) is 7.49. The predicted molar refractivity (Wildman–Crippen MR) is 51.3 cm³/mol. The minimum absolute atomic E-state index is 0.320. The minimum atomic E-state index is -0.601. The van der Waals surface area contributed by atoms with Gasteiger partial charge in [-0.2, -0.15) is 12.6 Å². The summed E-state index contributed by atoms with van der Waals surface area (Å²) >= 11 is 3.88. The van der Waals surface area contributed by atoms with Gasteiger partial charge in [0.1, 0.15) is 12.6 Å². The van der Waals surface area contributed by atoms with Crippen LogP contribution in [0.25, 0.3) is 0 Å². The van der Waals surface area contributed by atoms with Crippen LogP contribution in [0.15, 0.2) is 0 Å². The summed E-state index contributed by atoms with van der Waals surface area (Å²) in [6.45, 7) is 1.10. The normalized spacial score (nSPS) is 13.1. The summed E-state index contributed by atoms with van der Waals surface area (Å²) in [6.07, 6.45) is 0. The molecule has 0 rings (SSSR count). The first-order chi connectivity index (χ1) is 5.57. The van der Waals surface area contributed by atoms with E-state index >= 15 is 0 Å². The molecule has 0 aromatic heterocycles. The number of hydrogen-bond donors (Lipinski definition) is 2.